The van der Waals surface area contributed by atoms with Crippen molar-refractivity contribution < 1.29 is 18.9 Å². The molecule has 6 heteroatoms. The van der Waals surface area contributed by atoms with Gasteiger partial charge in [-0.15, -0.1) is 0 Å². The van der Waals surface area contributed by atoms with Gasteiger partial charge in [0.05, 0.1) is 28.4 Å². The number of rotatable bonds is 6. The molecule has 0 aliphatic rings. The van der Waals surface area contributed by atoms with Crippen molar-refractivity contribution in [1.82, 2.24) is 0 Å². The summed E-state index contributed by atoms with van der Waals surface area (Å²) in [6, 6.07) is 11.3. The van der Waals surface area contributed by atoms with Crippen LogP contribution in [0.4, 0.5) is 0 Å². The van der Waals surface area contributed by atoms with Crippen molar-refractivity contribution in [2.24, 2.45) is 11.5 Å². The van der Waals surface area contributed by atoms with Gasteiger partial charge in [-0.2, -0.15) is 0 Å². The summed E-state index contributed by atoms with van der Waals surface area (Å²) in [7, 11) is 6.46. The summed E-state index contributed by atoms with van der Waals surface area (Å²) >= 11 is 0. The maximum atomic E-state index is 5.51. The van der Waals surface area contributed by atoms with E-state index in [2.05, 4.69) is 0 Å². The molecule has 0 amide bonds. The highest BCUT2D eigenvalue weighted by atomic mass is 16.5. The third-order valence-corrected chi connectivity index (χ3v) is 3.35. The predicted octanol–water partition coefficient (Wildman–Crippen LogP) is 2.33. The Kier molecular flexibility index (Phi) is 8.46. The van der Waals surface area contributed by atoms with Gasteiger partial charge >= 0.3 is 0 Å². The van der Waals surface area contributed by atoms with E-state index in [0.29, 0.717) is 13.1 Å². The Morgan fingerprint density at radius 2 is 1.38 bits per heavy atom. The van der Waals surface area contributed by atoms with E-state index in [-0.39, 0.29) is 0 Å². The number of ether oxygens (including phenoxy) is 4. The lowest BCUT2D eigenvalue weighted by Crippen LogP contribution is -2.01. The van der Waals surface area contributed by atoms with E-state index >= 15 is 0 Å². The standard InChI is InChI=1S/2C9H13NO2/c1-11-8-3-7(6-10)4-9(5-8)12-2;1-11-8-5-3-4-7(6-10)9(8)12-2/h2*3-5H,6,10H2,1-2H3. The summed E-state index contributed by atoms with van der Waals surface area (Å²) in [5.41, 5.74) is 13.0. The zero-order chi connectivity index (χ0) is 17.9. The smallest absolute Gasteiger partial charge is 0.165 e. The molecule has 0 bridgehead atoms. The van der Waals surface area contributed by atoms with Gasteiger partial charge in [0.1, 0.15) is 11.5 Å². The third-order valence-electron chi connectivity index (χ3n) is 3.35. The second-order valence-corrected chi connectivity index (χ2v) is 4.78. The van der Waals surface area contributed by atoms with Gasteiger partial charge in [-0.05, 0) is 23.8 Å². The summed E-state index contributed by atoms with van der Waals surface area (Å²) in [5, 5.41) is 0. The lowest BCUT2D eigenvalue weighted by atomic mass is 10.2. The molecule has 0 saturated carbocycles. The first-order valence-electron chi connectivity index (χ1n) is 7.45. The maximum absolute atomic E-state index is 5.51. The first kappa shape index (κ1) is 19.6. The summed E-state index contributed by atoms with van der Waals surface area (Å²) in [6.07, 6.45) is 0. The maximum Gasteiger partial charge on any atom is 0.165 e. The van der Waals surface area contributed by atoms with Crippen LogP contribution < -0.4 is 30.4 Å². The van der Waals surface area contributed by atoms with Crippen molar-refractivity contribution >= 4 is 0 Å². The molecule has 0 atom stereocenters. The minimum atomic E-state index is 0.459. The van der Waals surface area contributed by atoms with Crippen LogP contribution in [0.15, 0.2) is 36.4 Å². The summed E-state index contributed by atoms with van der Waals surface area (Å²) < 4.78 is 20.4. The fourth-order valence-electron chi connectivity index (χ4n) is 2.10. The second kappa shape index (κ2) is 10.4. The van der Waals surface area contributed by atoms with Crippen LogP contribution in [0, 0.1) is 0 Å². The van der Waals surface area contributed by atoms with Crippen molar-refractivity contribution in [3.05, 3.63) is 47.5 Å². The average molecular weight is 334 g/mol. The van der Waals surface area contributed by atoms with Gasteiger partial charge in [-0.3, -0.25) is 0 Å². The Balaban J connectivity index is 0.000000240. The van der Waals surface area contributed by atoms with Crippen molar-refractivity contribution in [3.8, 4) is 23.0 Å². The van der Waals surface area contributed by atoms with Gasteiger partial charge in [-0.25, -0.2) is 0 Å². The topological polar surface area (TPSA) is 89.0 Å². The summed E-state index contributed by atoms with van der Waals surface area (Å²) in [5.74, 6) is 2.99. The van der Waals surface area contributed by atoms with E-state index in [1.165, 1.54) is 0 Å². The molecule has 0 radical (unpaired) electrons. The quantitative estimate of drug-likeness (QED) is 0.843. The lowest BCUT2D eigenvalue weighted by molar-refractivity contribution is 0.352. The molecule has 0 fully saturated rings. The normalized spacial score (nSPS) is 9.58. The predicted molar refractivity (Wildman–Crippen MR) is 94.9 cm³/mol. The largest absolute Gasteiger partial charge is 0.497 e. The summed E-state index contributed by atoms with van der Waals surface area (Å²) in [4.78, 5) is 0. The highest BCUT2D eigenvalue weighted by molar-refractivity contribution is 5.46. The number of hydrogen-bond donors (Lipinski definition) is 2. The molecule has 4 N–H and O–H groups in total. The fourth-order valence-corrected chi connectivity index (χ4v) is 2.10. The first-order chi connectivity index (χ1) is 11.6. The molecule has 0 saturated heterocycles. The van der Waals surface area contributed by atoms with E-state index in [0.717, 1.165) is 34.1 Å². The Morgan fingerprint density at radius 3 is 1.79 bits per heavy atom. The molecule has 0 heterocycles. The van der Waals surface area contributed by atoms with Crippen molar-refractivity contribution in [3.63, 3.8) is 0 Å². The van der Waals surface area contributed by atoms with Gasteiger partial charge in [0.2, 0.25) is 0 Å². The van der Waals surface area contributed by atoms with E-state index in [4.69, 9.17) is 30.4 Å². The van der Waals surface area contributed by atoms with Crippen LogP contribution in [0.25, 0.3) is 0 Å². The molecule has 0 aromatic heterocycles. The zero-order valence-electron chi connectivity index (χ0n) is 14.7. The van der Waals surface area contributed by atoms with E-state index in [9.17, 15) is 0 Å². The molecule has 0 spiro atoms. The van der Waals surface area contributed by atoms with Crippen molar-refractivity contribution in [1.29, 1.82) is 0 Å². The number of methoxy groups -OCH3 is 4. The molecule has 2 rings (SSSR count). The minimum absolute atomic E-state index is 0.459. The van der Waals surface area contributed by atoms with Gasteiger partial charge in [0, 0.05) is 24.7 Å². The van der Waals surface area contributed by atoms with Crippen LogP contribution in [0.1, 0.15) is 11.1 Å². The van der Waals surface area contributed by atoms with E-state index < -0.39 is 0 Å². The van der Waals surface area contributed by atoms with Crippen LogP contribution in [-0.2, 0) is 13.1 Å². The Bertz CT molecular complexity index is 555. The van der Waals surface area contributed by atoms with Gasteiger partial charge in [0.15, 0.2) is 11.5 Å². The lowest BCUT2D eigenvalue weighted by Gasteiger charge is -2.10. The highest BCUT2D eigenvalue weighted by Gasteiger charge is 2.06. The van der Waals surface area contributed by atoms with Crippen LogP contribution in [0.2, 0.25) is 0 Å². The summed E-state index contributed by atoms with van der Waals surface area (Å²) in [6.45, 7) is 0.952. The van der Waals surface area contributed by atoms with Crippen molar-refractivity contribution in [2.45, 2.75) is 13.1 Å². The Morgan fingerprint density at radius 1 is 0.750 bits per heavy atom. The molecular weight excluding hydrogens is 308 g/mol. The Hall–Kier alpha value is -2.44. The molecule has 2 aromatic carbocycles. The molecule has 2 aromatic rings. The monoisotopic (exact) mass is 334 g/mol. The highest BCUT2D eigenvalue weighted by Crippen LogP contribution is 2.29. The van der Waals surface area contributed by atoms with Crippen molar-refractivity contribution in [2.75, 3.05) is 28.4 Å². The van der Waals surface area contributed by atoms with Crippen LogP contribution in [0.3, 0.4) is 0 Å². The van der Waals surface area contributed by atoms with E-state index in [1.54, 1.807) is 28.4 Å². The van der Waals surface area contributed by atoms with Gasteiger partial charge < -0.3 is 30.4 Å². The Labute approximate surface area is 143 Å². The van der Waals surface area contributed by atoms with Gasteiger partial charge in [0.25, 0.3) is 0 Å². The molecule has 0 unspecified atom stereocenters. The minimum Gasteiger partial charge on any atom is -0.497 e. The molecule has 0 aliphatic heterocycles. The van der Waals surface area contributed by atoms with Crippen LogP contribution >= 0.6 is 0 Å². The molecule has 24 heavy (non-hydrogen) atoms. The zero-order valence-corrected chi connectivity index (χ0v) is 14.7. The SMILES string of the molecule is COc1cc(CN)cc(OC)c1.COc1cccc(CN)c1OC. The molecule has 132 valence electrons. The van der Waals surface area contributed by atoms with Crippen LogP contribution in [-0.4, -0.2) is 28.4 Å². The van der Waals surface area contributed by atoms with Gasteiger partial charge in [-0.1, -0.05) is 12.1 Å². The van der Waals surface area contributed by atoms with Crippen LogP contribution in [0.5, 0.6) is 23.0 Å². The fraction of sp³-hybridized carbons (Fsp3) is 0.333. The second-order valence-electron chi connectivity index (χ2n) is 4.78. The molecule has 6 nitrogen and oxygen atoms in total. The first-order valence-corrected chi connectivity index (χ1v) is 7.45. The molecule has 0 aliphatic carbocycles. The van der Waals surface area contributed by atoms with E-state index in [1.807, 2.05) is 36.4 Å². The number of benzene rings is 2. The number of hydrogen-bond acceptors (Lipinski definition) is 6. The number of para-hydroxylation sites is 1. The molecular formula is C18H26N2O4. The number of nitrogens with two attached hydrogens (primary N) is 2. The third kappa shape index (κ3) is 5.33. The average Bonchev–Trinajstić information content (AvgIpc) is 2.66.